The highest BCUT2D eigenvalue weighted by atomic mass is 16.5. The van der Waals surface area contributed by atoms with Crippen LogP contribution in [0.2, 0.25) is 0 Å². The molecule has 1 saturated carbocycles. The lowest BCUT2D eigenvalue weighted by atomic mass is 10.2. The molecule has 0 unspecified atom stereocenters. The van der Waals surface area contributed by atoms with Crippen LogP contribution in [0.15, 0.2) is 12.3 Å². The van der Waals surface area contributed by atoms with Crippen molar-refractivity contribution in [2.24, 2.45) is 11.8 Å². The fourth-order valence-electron chi connectivity index (χ4n) is 1.89. The second-order valence-electron chi connectivity index (χ2n) is 5.26. The molecule has 0 bridgehead atoms. The number of carbonyl (C=O) groups excluding carboxylic acids is 1. The molecule has 6 nitrogen and oxygen atoms in total. The Bertz CT molecular complexity index is 474. The molecule has 0 atom stereocenters. The summed E-state index contributed by atoms with van der Waals surface area (Å²) in [5.41, 5.74) is 4.42. The molecular weight excluding hydrogens is 256 g/mol. The van der Waals surface area contributed by atoms with Gasteiger partial charge < -0.3 is 15.1 Å². The molecule has 1 aromatic rings. The van der Waals surface area contributed by atoms with Crippen LogP contribution in [-0.2, 0) is 4.74 Å². The Morgan fingerprint density at radius 1 is 1.60 bits per heavy atom. The Balaban J connectivity index is 1.88. The van der Waals surface area contributed by atoms with Crippen molar-refractivity contribution in [2.75, 3.05) is 32.2 Å². The predicted octanol–water partition coefficient (Wildman–Crippen LogP) is 1.17. The van der Waals surface area contributed by atoms with Gasteiger partial charge in [-0.1, -0.05) is 0 Å². The van der Waals surface area contributed by atoms with Crippen LogP contribution in [0.4, 0.5) is 5.69 Å². The highest BCUT2D eigenvalue weighted by Gasteiger charge is 2.21. The number of aromatic nitrogens is 1. The number of pyridine rings is 1. The highest BCUT2D eigenvalue weighted by molar-refractivity contribution is 5.99. The number of carbonyl (C=O) groups is 1. The molecule has 2 rings (SSSR count). The van der Waals surface area contributed by atoms with E-state index in [1.165, 1.54) is 12.8 Å². The van der Waals surface area contributed by atoms with E-state index in [9.17, 15) is 4.79 Å². The summed E-state index contributed by atoms with van der Waals surface area (Å²) < 4.78 is 5.54. The third kappa shape index (κ3) is 3.91. The molecule has 1 aliphatic rings. The average molecular weight is 278 g/mol. The zero-order valence-corrected chi connectivity index (χ0v) is 12.1. The van der Waals surface area contributed by atoms with Crippen molar-refractivity contribution in [3.63, 3.8) is 0 Å². The minimum absolute atomic E-state index is 0.111. The van der Waals surface area contributed by atoms with Crippen LogP contribution in [0.25, 0.3) is 0 Å². The Morgan fingerprint density at radius 3 is 3.00 bits per heavy atom. The van der Waals surface area contributed by atoms with Gasteiger partial charge in [-0.15, -0.1) is 0 Å². The summed E-state index contributed by atoms with van der Waals surface area (Å²) in [5.74, 6) is 6.08. The second-order valence-corrected chi connectivity index (χ2v) is 5.26. The summed E-state index contributed by atoms with van der Waals surface area (Å²) in [4.78, 5) is 18.1. The Kier molecular flexibility index (Phi) is 4.92. The molecule has 1 fully saturated rings. The summed E-state index contributed by atoms with van der Waals surface area (Å²) >= 11 is 0. The smallest absolute Gasteiger partial charge is 0.257 e. The Morgan fingerprint density at radius 2 is 2.35 bits per heavy atom. The molecule has 0 radical (unpaired) electrons. The van der Waals surface area contributed by atoms with Gasteiger partial charge in [-0.2, -0.15) is 0 Å². The van der Waals surface area contributed by atoms with Gasteiger partial charge in [-0.25, -0.2) is 0 Å². The van der Waals surface area contributed by atoms with E-state index in [-0.39, 0.29) is 5.91 Å². The van der Waals surface area contributed by atoms with Gasteiger partial charge in [0, 0.05) is 32.1 Å². The first-order chi connectivity index (χ1) is 9.61. The van der Waals surface area contributed by atoms with E-state index >= 15 is 0 Å². The largest absolute Gasteiger partial charge is 0.379 e. The molecule has 1 amide bonds. The molecule has 0 saturated heterocycles. The Labute approximate surface area is 119 Å². The number of nitrogens with two attached hydrogens (primary N) is 1. The van der Waals surface area contributed by atoms with E-state index in [1.54, 1.807) is 24.2 Å². The minimum atomic E-state index is -0.111. The number of rotatable bonds is 7. The van der Waals surface area contributed by atoms with Crippen LogP contribution in [0.1, 0.15) is 28.9 Å². The van der Waals surface area contributed by atoms with Gasteiger partial charge in [0.25, 0.3) is 5.91 Å². The van der Waals surface area contributed by atoms with Crippen LogP contribution in [0, 0.1) is 12.8 Å². The van der Waals surface area contributed by atoms with Gasteiger partial charge in [0.2, 0.25) is 0 Å². The number of hydrogen-bond donors (Lipinski definition) is 2. The number of nitrogen functional groups attached to an aromatic ring is 1. The van der Waals surface area contributed by atoms with Gasteiger partial charge in [0.15, 0.2) is 0 Å². The first-order valence-corrected chi connectivity index (χ1v) is 6.88. The van der Waals surface area contributed by atoms with Crippen LogP contribution >= 0.6 is 0 Å². The fraction of sp³-hybridized carbons (Fsp3) is 0.571. The molecule has 1 aromatic heterocycles. The number of nitrogens with zero attached hydrogens (tertiary/aromatic N) is 2. The van der Waals surface area contributed by atoms with E-state index in [1.807, 2.05) is 6.92 Å². The maximum Gasteiger partial charge on any atom is 0.257 e. The summed E-state index contributed by atoms with van der Waals surface area (Å²) in [6, 6.07) is 1.75. The van der Waals surface area contributed by atoms with E-state index < -0.39 is 0 Å². The van der Waals surface area contributed by atoms with Gasteiger partial charge in [0.05, 0.1) is 17.9 Å². The maximum absolute atomic E-state index is 12.3. The monoisotopic (exact) mass is 278 g/mol. The zero-order chi connectivity index (χ0) is 14.5. The highest BCUT2D eigenvalue weighted by Crippen LogP contribution is 2.28. The SMILES string of the molecule is Cc1cc(NN)c(C(=O)N(C)CCOCC2CC2)cn1. The summed E-state index contributed by atoms with van der Waals surface area (Å²) in [5, 5.41) is 0. The number of ether oxygens (including phenoxy) is 1. The van der Waals surface area contributed by atoms with E-state index in [0.717, 1.165) is 18.2 Å². The molecular formula is C14H22N4O2. The lowest BCUT2D eigenvalue weighted by Crippen LogP contribution is -2.31. The van der Waals surface area contributed by atoms with Crippen molar-refractivity contribution in [3.8, 4) is 0 Å². The van der Waals surface area contributed by atoms with E-state index in [2.05, 4.69) is 10.4 Å². The van der Waals surface area contributed by atoms with Gasteiger partial charge in [-0.05, 0) is 31.7 Å². The van der Waals surface area contributed by atoms with Crippen molar-refractivity contribution in [1.29, 1.82) is 0 Å². The number of nitrogens with one attached hydrogen (secondary N) is 1. The van der Waals surface area contributed by atoms with Crippen LogP contribution in [0.3, 0.4) is 0 Å². The quantitative estimate of drug-likeness (QED) is 0.444. The van der Waals surface area contributed by atoms with Crippen molar-refractivity contribution < 1.29 is 9.53 Å². The number of amides is 1. The number of hydrogen-bond acceptors (Lipinski definition) is 5. The molecule has 20 heavy (non-hydrogen) atoms. The molecule has 0 aliphatic heterocycles. The number of likely N-dealkylation sites (N-methyl/N-ethyl adjacent to an activating group) is 1. The summed E-state index contributed by atoms with van der Waals surface area (Å²) in [6.07, 6.45) is 4.10. The molecule has 6 heteroatoms. The number of anilines is 1. The van der Waals surface area contributed by atoms with Crippen LogP contribution in [0.5, 0.6) is 0 Å². The van der Waals surface area contributed by atoms with Crippen molar-refractivity contribution in [1.82, 2.24) is 9.88 Å². The molecule has 0 aromatic carbocycles. The normalized spacial score (nSPS) is 14.2. The first-order valence-electron chi connectivity index (χ1n) is 6.88. The molecule has 0 spiro atoms. The fourth-order valence-corrected chi connectivity index (χ4v) is 1.89. The van der Waals surface area contributed by atoms with Crippen molar-refractivity contribution >= 4 is 11.6 Å². The average Bonchev–Trinajstić information content (AvgIpc) is 3.26. The molecule has 3 N–H and O–H groups in total. The summed E-state index contributed by atoms with van der Waals surface area (Å²) in [7, 11) is 1.75. The van der Waals surface area contributed by atoms with Gasteiger partial charge >= 0.3 is 0 Å². The van der Waals surface area contributed by atoms with Gasteiger partial charge in [-0.3, -0.25) is 15.6 Å². The first kappa shape index (κ1) is 14.7. The van der Waals surface area contributed by atoms with Crippen molar-refractivity contribution in [3.05, 3.63) is 23.5 Å². The lowest BCUT2D eigenvalue weighted by molar-refractivity contribution is 0.0681. The lowest BCUT2D eigenvalue weighted by Gasteiger charge is -2.18. The minimum Gasteiger partial charge on any atom is -0.379 e. The standard InChI is InChI=1S/C14H22N4O2/c1-10-7-13(17-15)12(8-16-10)14(19)18(2)5-6-20-9-11-3-4-11/h7-8,11H,3-6,9,15H2,1-2H3,(H,16,17). The van der Waals surface area contributed by atoms with Crippen molar-refractivity contribution in [2.45, 2.75) is 19.8 Å². The van der Waals surface area contributed by atoms with E-state index in [0.29, 0.717) is 24.4 Å². The zero-order valence-electron chi connectivity index (χ0n) is 12.1. The second kappa shape index (κ2) is 6.67. The third-order valence-corrected chi connectivity index (χ3v) is 3.39. The summed E-state index contributed by atoms with van der Waals surface area (Å²) in [6.45, 7) is 3.78. The maximum atomic E-state index is 12.3. The number of hydrazine groups is 1. The Hall–Kier alpha value is -1.66. The molecule has 110 valence electrons. The topological polar surface area (TPSA) is 80.5 Å². The van der Waals surface area contributed by atoms with Crippen LogP contribution < -0.4 is 11.3 Å². The predicted molar refractivity (Wildman–Crippen MR) is 77.3 cm³/mol. The molecule has 1 heterocycles. The molecule has 1 aliphatic carbocycles. The third-order valence-electron chi connectivity index (χ3n) is 3.39. The van der Waals surface area contributed by atoms with Crippen LogP contribution in [-0.4, -0.2) is 42.6 Å². The number of aryl methyl sites for hydroxylation is 1. The van der Waals surface area contributed by atoms with Gasteiger partial charge in [0.1, 0.15) is 0 Å². The van der Waals surface area contributed by atoms with E-state index in [4.69, 9.17) is 10.6 Å².